The lowest BCUT2D eigenvalue weighted by molar-refractivity contribution is 0.0526. The first-order valence-corrected chi connectivity index (χ1v) is 11.6. The molecule has 0 aliphatic rings. The number of carbonyl (C=O) groups is 1. The van der Waals surface area contributed by atoms with E-state index >= 15 is 0 Å². The molecule has 9 heteroatoms. The van der Waals surface area contributed by atoms with Crippen molar-refractivity contribution in [3.63, 3.8) is 0 Å². The number of rotatable bonds is 9. The van der Waals surface area contributed by atoms with Gasteiger partial charge in [-0.2, -0.15) is 5.10 Å². The minimum absolute atomic E-state index is 0.273. The number of benzene rings is 2. The van der Waals surface area contributed by atoms with E-state index in [1.54, 1.807) is 61.1 Å². The Labute approximate surface area is 202 Å². The summed E-state index contributed by atoms with van der Waals surface area (Å²) in [4.78, 5) is 32.4. The molecule has 0 bridgehead atoms. The van der Waals surface area contributed by atoms with Crippen molar-refractivity contribution in [1.82, 2.24) is 19.7 Å². The largest absolute Gasteiger partial charge is 0.493 e. The smallest absolute Gasteiger partial charge is 0.338 e. The number of carbonyl (C=O) groups excluding carboxylic acids is 1. The molecule has 9 nitrogen and oxygen atoms in total. The summed E-state index contributed by atoms with van der Waals surface area (Å²) < 4.78 is 18.4. The van der Waals surface area contributed by atoms with Crippen LogP contribution in [0.1, 0.15) is 43.2 Å². The second kappa shape index (κ2) is 10.4. The number of ether oxygens (including phenoxy) is 3. The predicted molar refractivity (Wildman–Crippen MR) is 132 cm³/mol. The molecule has 0 atom stereocenters. The molecular formula is C26H28N4O5. The lowest BCUT2D eigenvalue weighted by Gasteiger charge is -2.13. The Kier molecular flexibility index (Phi) is 7.14. The molecule has 0 saturated carbocycles. The Hall–Kier alpha value is -4.14. The van der Waals surface area contributed by atoms with Crippen LogP contribution in [0.5, 0.6) is 17.2 Å². The quantitative estimate of drug-likeness (QED) is 0.351. The van der Waals surface area contributed by atoms with Crippen molar-refractivity contribution in [3.8, 4) is 28.6 Å². The van der Waals surface area contributed by atoms with Crippen LogP contribution in [0.15, 0.2) is 47.3 Å². The molecule has 0 aliphatic heterocycles. The fourth-order valence-corrected chi connectivity index (χ4v) is 3.83. The van der Waals surface area contributed by atoms with Crippen LogP contribution in [0, 0.1) is 0 Å². The highest BCUT2D eigenvalue weighted by Crippen LogP contribution is 2.34. The number of esters is 1. The first kappa shape index (κ1) is 24.0. The summed E-state index contributed by atoms with van der Waals surface area (Å²) in [5.74, 6) is 1.63. The van der Waals surface area contributed by atoms with Crippen molar-refractivity contribution < 1.29 is 19.0 Å². The molecule has 0 unspecified atom stereocenters. The third-order valence-corrected chi connectivity index (χ3v) is 5.36. The van der Waals surface area contributed by atoms with Gasteiger partial charge in [0.15, 0.2) is 5.52 Å². The summed E-state index contributed by atoms with van der Waals surface area (Å²) in [7, 11) is 1.74. The van der Waals surface area contributed by atoms with Crippen molar-refractivity contribution >= 4 is 17.0 Å². The van der Waals surface area contributed by atoms with E-state index in [9.17, 15) is 9.59 Å². The van der Waals surface area contributed by atoms with Crippen LogP contribution in [0.4, 0.5) is 0 Å². The van der Waals surface area contributed by atoms with Crippen molar-refractivity contribution in [2.24, 2.45) is 7.05 Å². The Balaban J connectivity index is 1.72. The average Bonchev–Trinajstić information content (AvgIpc) is 3.16. The predicted octanol–water partition coefficient (Wildman–Crippen LogP) is 4.64. The molecule has 182 valence electrons. The van der Waals surface area contributed by atoms with Gasteiger partial charge in [-0.1, -0.05) is 13.3 Å². The Morgan fingerprint density at radius 1 is 1.03 bits per heavy atom. The summed E-state index contributed by atoms with van der Waals surface area (Å²) in [5, 5.41) is 4.48. The molecule has 0 spiro atoms. The van der Waals surface area contributed by atoms with Crippen LogP contribution in [0.25, 0.3) is 22.4 Å². The molecule has 35 heavy (non-hydrogen) atoms. The number of H-pyrrole nitrogens is 1. The van der Waals surface area contributed by atoms with Gasteiger partial charge in [0.05, 0.1) is 30.0 Å². The van der Waals surface area contributed by atoms with Crippen LogP contribution < -0.4 is 15.0 Å². The Morgan fingerprint density at radius 3 is 2.46 bits per heavy atom. The number of nitrogens with zero attached hydrogens (tertiary/aromatic N) is 3. The lowest BCUT2D eigenvalue weighted by atomic mass is 10.1. The highest BCUT2D eigenvalue weighted by molar-refractivity contribution is 5.89. The molecular weight excluding hydrogens is 448 g/mol. The molecule has 0 amide bonds. The van der Waals surface area contributed by atoms with E-state index in [1.165, 1.54) is 0 Å². The number of fused-ring (bicyclic) bond motifs is 1. The van der Waals surface area contributed by atoms with Gasteiger partial charge in [-0.15, -0.1) is 0 Å². The number of hydrogen-bond acceptors (Lipinski definition) is 7. The summed E-state index contributed by atoms with van der Waals surface area (Å²) in [5.41, 5.74) is 2.56. The maximum atomic E-state index is 12.9. The van der Waals surface area contributed by atoms with Gasteiger partial charge in [-0.25, -0.2) is 9.78 Å². The van der Waals surface area contributed by atoms with E-state index in [-0.39, 0.29) is 11.5 Å². The number of aromatic amines is 1. The molecule has 2 aromatic carbocycles. The number of aryl methyl sites for hydroxylation is 2. The van der Waals surface area contributed by atoms with Crippen molar-refractivity contribution in [2.75, 3.05) is 13.2 Å². The zero-order valence-electron chi connectivity index (χ0n) is 20.3. The van der Waals surface area contributed by atoms with E-state index in [1.807, 2.05) is 6.92 Å². The molecule has 2 aromatic heterocycles. The number of nitrogens with one attached hydrogen (secondary N) is 1. The van der Waals surface area contributed by atoms with E-state index in [2.05, 4.69) is 17.0 Å². The van der Waals surface area contributed by atoms with Crippen LogP contribution in [0.2, 0.25) is 0 Å². The highest BCUT2D eigenvalue weighted by atomic mass is 16.5. The summed E-state index contributed by atoms with van der Waals surface area (Å²) in [6.45, 7) is 6.47. The summed E-state index contributed by atoms with van der Waals surface area (Å²) >= 11 is 0. The molecule has 4 aromatic rings. The first-order valence-electron chi connectivity index (χ1n) is 11.6. The molecule has 0 radical (unpaired) electrons. The molecule has 1 N–H and O–H groups in total. The first-order chi connectivity index (χ1) is 16.9. The van der Waals surface area contributed by atoms with Gasteiger partial charge in [0, 0.05) is 7.05 Å². The topological polar surface area (TPSA) is 108 Å². The molecule has 4 rings (SSSR count). The van der Waals surface area contributed by atoms with Crippen molar-refractivity contribution in [1.29, 1.82) is 0 Å². The normalized spacial score (nSPS) is 11.0. The van der Waals surface area contributed by atoms with Gasteiger partial charge < -0.3 is 19.2 Å². The zero-order chi connectivity index (χ0) is 24.9. The highest BCUT2D eigenvalue weighted by Gasteiger charge is 2.18. The molecule has 2 heterocycles. The van der Waals surface area contributed by atoms with Gasteiger partial charge in [0.1, 0.15) is 28.6 Å². The van der Waals surface area contributed by atoms with E-state index in [0.29, 0.717) is 58.4 Å². The second-order valence-corrected chi connectivity index (χ2v) is 7.87. The summed E-state index contributed by atoms with van der Waals surface area (Å²) in [6.07, 6.45) is 1.61. The molecule has 0 aliphatic carbocycles. The number of hydrogen-bond donors (Lipinski definition) is 1. The van der Waals surface area contributed by atoms with Gasteiger partial charge >= 0.3 is 5.97 Å². The Morgan fingerprint density at radius 2 is 1.77 bits per heavy atom. The van der Waals surface area contributed by atoms with Gasteiger partial charge in [-0.3, -0.25) is 9.48 Å². The lowest BCUT2D eigenvalue weighted by Crippen LogP contribution is -2.12. The van der Waals surface area contributed by atoms with Crippen molar-refractivity contribution in [2.45, 2.75) is 33.6 Å². The minimum Gasteiger partial charge on any atom is -0.493 e. The van der Waals surface area contributed by atoms with E-state index < -0.39 is 0 Å². The van der Waals surface area contributed by atoms with Crippen LogP contribution in [-0.2, 0) is 18.2 Å². The number of aromatic nitrogens is 4. The van der Waals surface area contributed by atoms with Gasteiger partial charge in [-0.05, 0) is 62.7 Å². The van der Waals surface area contributed by atoms with E-state index in [0.717, 1.165) is 18.5 Å². The maximum Gasteiger partial charge on any atom is 0.338 e. The SMILES string of the molecule is CCCc1nn(C)c2c(=O)[nH]c(-c3cc(Oc4ccc(C(=O)OCC)cc4)ccc3OCC)nc12. The van der Waals surface area contributed by atoms with Crippen LogP contribution in [0.3, 0.4) is 0 Å². The third-order valence-electron chi connectivity index (χ3n) is 5.36. The minimum atomic E-state index is -0.384. The maximum absolute atomic E-state index is 12.9. The van der Waals surface area contributed by atoms with Crippen LogP contribution in [-0.4, -0.2) is 38.9 Å². The standard InChI is InChI=1S/C26H28N4O5/c1-5-8-20-22-23(30(4)29-20)25(31)28-24(27-22)19-15-18(13-14-21(19)33-6-2)35-17-11-9-16(10-12-17)26(32)34-7-3/h9-15H,5-8H2,1-4H3,(H,27,28,31). The third kappa shape index (κ3) is 5.03. The molecule has 0 saturated heterocycles. The monoisotopic (exact) mass is 476 g/mol. The fraction of sp³-hybridized carbons (Fsp3) is 0.308. The van der Waals surface area contributed by atoms with Crippen LogP contribution >= 0.6 is 0 Å². The summed E-state index contributed by atoms with van der Waals surface area (Å²) in [6, 6.07) is 12.0. The fourth-order valence-electron chi connectivity index (χ4n) is 3.83. The molecule has 0 fully saturated rings. The van der Waals surface area contributed by atoms with E-state index in [4.69, 9.17) is 19.2 Å². The zero-order valence-corrected chi connectivity index (χ0v) is 20.3. The Bertz CT molecular complexity index is 1410. The average molecular weight is 477 g/mol. The second-order valence-electron chi connectivity index (χ2n) is 7.87. The van der Waals surface area contributed by atoms with Crippen molar-refractivity contribution in [3.05, 3.63) is 64.1 Å². The van der Waals surface area contributed by atoms with Gasteiger partial charge in [0.2, 0.25) is 0 Å². The van der Waals surface area contributed by atoms with Gasteiger partial charge in [0.25, 0.3) is 5.56 Å².